The van der Waals surface area contributed by atoms with Crippen LogP contribution in [0.4, 0.5) is 5.82 Å². The minimum absolute atomic E-state index is 0.114. The molecular weight excluding hydrogens is 346 g/mol. The molecule has 2 aliphatic rings. The molecule has 5 heteroatoms. The molecule has 5 nitrogen and oxygen atoms in total. The van der Waals surface area contributed by atoms with Gasteiger partial charge in [0.25, 0.3) is 0 Å². The van der Waals surface area contributed by atoms with Crippen LogP contribution < -0.4 is 10.6 Å². The summed E-state index contributed by atoms with van der Waals surface area (Å²) in [5.41, 5.74) is 9.32. The van der Waals surface area contributed by atoms with E-state index in [1.54, 1.807) is 0 Å². The number of aromatic nitrogens is 2. The van der Waals surface area contributed by atoms with E-state index in [0.29, 0.717) is 0 Å². The van der Waals surface area contributed by atoms with Crippen molar-refractivity contribution in [3.8, 4) is 0 Å². The number of hydrogen-bond acceptors (Lipinski definition) is 5. The lowest BCUT2D eigenvalue weighted by Gasteiger charge is -2.29. The van der Waals surface area contributed by atoms with Gasteiger partial charge in [-0.25, -0.2) is 9.97 Å². The van der Waals surface area contributed by atoms with Crippen LogP contribution in [0.3, 0.4) is 0 Å². The summed E-state index contributed by atoms with van der Waals surface area (Å²) in [4.78, 5) is 15.0. The average molecular weight is 388 g/mol. The van der Waals surface area contributed by atoms with E-state index in [4.69, 9.17) is 15.7 Å². The molecule has 1 aliphatic heterocycles. The first-order valence-electron chi connectivity index (χ1n) is 11.7. The molecule has 1 aromatic heterocycles. The van der Waals surface area contributed by atoms with Crippen molar-refractivity contribution in [2.24, 2.45) is 11.7 Å². The smallest absolute Gasteiger partial charge is 0.149 e. The summed E-state index contributed by atoms with van der Waals surface area (Å²) < 4.78 is 0. The average Bonchev–Trinajstić information content (AvgIpc) is 3.00. The van der Waals surface area contributed by atoms with Gasteiger partial charge in [-0.15, -0.1) is 0 Å². The Morgan fingerprint density at radius 1 is 0.929 bits per heavy atom. The lowest BCUT2D eigenvalue weighted by molar-refractivity contribution is 0.251. The molecule has 1 aliphatic carbocycles. The number of fused-ring (bicyclic) bond motifs is 1. The van der Waals surface area contributed by atoms with Crippen LogP contribution >= 0.6 is 0 Å². The predicted octanol–water partition coefficient (Wildman–Crippen LogP) is 4.10. The first kappa shape index (κ1) is 21.5. The number of anilines is 1. The summed E-state index contributed by atoms with van der Waals surface area (Å²) in [7, 11) is 2.19. The fourth-order valence-corrected chi connectivity index (χ4v) is 4.78. The highest BCUT2D eigenvalue weighted by Crippen LogP contribution is 2.30. The lowest BCUT2D eigenvalue weighted by Crippen LogP contribution is -2.35. The fourth-order valence-electron chi connectivity index (χ4n) is 4.78. The van der Waals surface area contributed by atoms with E-state index in [0.717, 1.165) is 50.8 Å². The van der Waals surface area contributed by atoms with Crippen LogP contribution in [-0.4, -0.2) is 48.1 Å². The van der Waals surface area contributed by atoms with Crippen LogP contribution in [0.25, 0.3) is 0 Å². The van der Waals surface area contributed by atoms with Gasteiger partial charge < -0.3 is 15.5 Å². The second-order valence-corrected chi connectivity index (χ2v) is 8.95. The molecule has 1 aromatic rings. The number of nitrogens with two attached hydrogens (primary N) is 1. The topological polar surface area (TPSA) is 58.3 Å². The Bertz CT molecular complexity index is 605. The van der Waals surface area contributed by atoms with Gasteiger partial charge >= 0.3 is 0 Å². The molecule has 28 heavy (non-hydrogen) atoms. The van der Waals surface area contributed by atoms with Crippen molar-refractivity contribution < 1.29 is 0 Å². The second-order valence-electron chi connectivity index (χ2n) is 8.95. The van der Waals surface area contributed by atoms with E-state index < -0.39 is 0 Å². The molecule has 0 amide bonds. The Morgan fingerprint density at radius 3 is 2.29 bits per heavy atom. The summed E-state index contributed by atoms with van der Waals surface area (Å²) in [6, 6.07) is -0.114. The zero-order valence-corrected chi connectivity index (χ0v) is 18.4. The standard InChI is InChI=1S/C23H41N5/c1-4-18(5-2)16-27(3)17-20(24)22-25-21-13-9-8-12-19(21)23(26-22)28-14-10-6-7-11-15-28/h18,20H,4-17,24H2,1-3H3. The highest BCUT2D eigenvalue weighted by Gasteiger charge is 2.24. The lowest BCUT2D eigenvalue weighted by atomic mass is 9.95. The van der Waals surface area contributed by atoms with Crippen molar-refractivity contribution in [1.29, 1.82) is 0 Å². The van der Waals surface area contributed by atoms with Gasteiger partial charge in [0.05, 0.1) is 6.04 Å². The van der Waals surface area contributed by atoms with Crippen LogP contribution in [0.5, 0.6) is 0 Å². The maximum absolute atomic E-state index is 6.63. The molecule has 2 heterocycles. The SMILES string of the molecule is CCC(CC)CN(C)CC(N)c1nc2c(c(N3CCCCCC3)n1)CCCC2. The van der Waals surface area contributed by atoms with Gasteiger partial charge in [0.2, 0.25) is 0 Å². The molecular formula is C23H41N5. The van der Waals surface area contributed by atoms with Crippen molar-refractivity contribution in [1.82, 2.24) is 14.9 Å². The predicted molar refractivity (Wildman–Crippen MR) is 118 cm³/mol. The summed E-state index contributed by atoms with van der Waals surface area (Å²) in [6.07, 6.45) is 12.4. The van der Waals surface area contributed by atoms with Gasteiger partial charge in [0.15, 0.2) is 0 Å². The number of hydrogen-bond donors (Lipinski definition) is 1. The van der Waals surface area contributed by atoms with Crippen LogP contribution in [0.1, 0.15) is 88.3 Å². The molecule has 0 aromatic carbocycles. The molecule has 3 rings (SSSR count). The summed E-state index contributed by atoms with van der Waals surface area (Å²) in [6.45, 7) is 8.75. The van der Waals surface area contributed by atoms with E-state index in [-0.39, 0.29) is 6.04 Å². The highest BCUT2D eigenvalue weighted by atomic mass is 15.2. The van der Waals surface area contributed by atoms with Crippen molar-refractivity contribution in [3.05, 3.63) is 17.1 Å². The minimum Gasteiger partial charge on any atom is -0.356 e. The van der Waals surface area contributed by atoms with Crippen LogP contribution in [0.2, 0.25) is 0 Å². The second kappa shape index (κ2) is 10.5. The summed E-state index contributed by atoms with van der Waals surface area (Å²) >= 11 is 0. The Morgan fingerprint density at radius 2 is 1.61 bits per heavy atom. The van der Waals surface area contributed by atoms with Crippen molar-refractivity contribution in [3.63, 3.8) is 0 Å². The third-order valence-corrected chi connectivity index (χ3v) is 6.65. The quantitative estimate of drug-likeness (QED) is 0.727. The molecule has 1 unspecified atom stereocenters. The van der Waals surface area contributed by atoms with E-state index >= 15 is 0 Å². The van der Waals surface area contributed by atoms with E-state index in [1.165, 1.54) is 68.4 Å². The Kier molecular flexibility index (Phi) is 8.10. The van der Waals surface area contributed by atoms with Gasteiger partial charge in [-0.1, -0.05) is 39.5 Å². The highest BCUT2D eigenvalue weighted by molar-refractivity contribution is 5.50. The molecule has 1 atom stereocenters. The van der Waals surface area contributed by atoms with Gasteiger partial charge in [-0.2, -0.15) is 0 Å². The fraction of sp³-hybridized carbons (Fsp3) is 0.826. The number of rotatable bonds is 8. The number of aryl methyl sites for hydroxylation is 1. The monoisotopic (exact) mass is 387 g/mol. The normalized spacial score (nSPS) is 19.0. The third-order valence-electron chi connectivity index (χ3n) is 6.65. The Hall–Kier alpha value is -1.20. The molecule has 1 saturated heterocycles. The molecule has 0 saturated carbocycles. The molecule has 0 bridgehead atoms. The molecule has 0 radical (unpaired) electrons. The zero-order valence-electron chi connectivity index (χ0n) is 18.4. The van der Waals surface area contributed by atoms with Crippen molar-refractivity contribution in [2.45, 2.75) is 84.1 Å². The molecule has 0 spiro atoms. The van der Waals surface area contributed by atoms with Crippen LogP contribution in [0.15, 0.2) is 0 Å². The maximum Gasteiger partial charge on any atom is 0.149 e. The molecule has 158 valence electrons. The number of likely N-dealkylation sites (N-methyl/N-ethyl adjacent to an activating group) is 1. The summed E-state index contributed by atoms with van der Waals surface area (Å²) in [5, 5.41) is 0. The Labute approximate surface area is 172 Å². The zero-order chi connectivity index (χ0) is 19.9. The van der Waals surface area contributed by atoms with Crippen LogP contribution in [-0.2, 0) is 12.8 Å². The number of nitrogens with zero attached hydrogens (tertiary/aromatic N) is 4. The van der Waals surface area contributed by atoms with Gasteiger partial charge in [0, 0.05) is 37.4 Å². The van der Waals surface area contributed by atoms with E-state index in [2.05, 4.69) is 30.7 Å². The van der Waals surface area contributed by atoms with E-state index in [1.807, 2.05) is 0 Å². The minimum atomic E-state index is -0.114. The third kappa shape index (κ3) is 5.44. The van der Waals surface area contributed by atoms with Gasteiger partial charge in [-0.05, 0) is 51.5 Å². The first-order chi connectivity index (χ1) is 13.6. The maximum atomic E-state index is 6.63. The largest absolute Gasteiger partial charge is 0.356 e. The van der Waals surface area contributed by atoms with Crippen molar-refractivity contribution in [2.75, 3.05) is 38.1 Å². The summed E-state index contributed by atoms with van der Waals surface area (Å²) in [5.74, 6) is 2.81. The van der Waals surface area contributed by atoms with Gasteiger partial charge in [0.1, 0.15) is 11.6 Å². The molecule has 2 N–H and O–H groups in total. The van der Waals surface area contributed by atoms with Crippen molar-refractivity contribution >= 4 is 5.82 Å². The first-order valence-corrected chi connectivity index (χ1v) is 11.7. The van der Waals surface area contributed by atoms with Gasteiger partial charge in [-0.3, -0.25) is 0 Å². The molecule has 1 fully saturated rings. The van der Waals surface area contributed by atoms with Crippen LogP contribution in [0, 0.1) is 5.92 Å². The van der Waals surface area contributed by atoms with E-state index in [9.17, 15) is 0 Å². The Balaban J connectivity index is 1.79.